The van der Waals surface area contributed by atoms with Crippen molar-refractivity contribution in [3.8, 4) is 23.1 Å². The molecular formula is C25H23F2N9O7. The number of anilines is 1. The minimum absolute atomic E-state index is 0.0929. The van der Waals surface area contributed by atoms with Crippen molar-refractivity contribution in [2.24, 2.45) is 0 Å². The number of hydrogen-bond acceptors (Lipinski definition) is 11. The summed E-state index contributed by atoms with van der Waals surface area (Å²) in [5.41, 5.74) is -1.66. The Morgan fingerprint density at radius 3 is 2.58 bits per heavy atom. The van der Waals surface area contributed by atoms with Gasteiger partial charge in [-0.05, 0) is 30.3 Å². The first-order valence-corrected chi connectivity index (χ1v) is 12.1. The van der Waals surface area contributed by atoms with Crippen LogP contribution in [0.4, 0.5) is 19.3 Å². The van der Waals surface area contributed by atoms with Crippen LogP contribution < -0.4 is 16.0 Å². The van der Waals surface area contributed by atoms with E-state index in [2.05, 4.69) is 47.7 Å². The number of ether oxygens (including phenoxy) is 1. The van der Waals surface area contributed by atoms with Gasteiger partial charge >= 0.3 is 12.0 Å². The lowest BCUT2D eigenvalue weighted by Gasteiger charge is -2.14. The first-order valence-electron chi connectivity index (χ1n) is 12.1. The molecule has 18 heteroatoms. The predicted octanol–water partition coefficient (Wildman–Crippen LogP) is 1.60. The first kappa shape index (κ1) is 29.9. The number of alkyl halides is 2. The smallest absolute Gasteiger partial charge is 0.408 e. The van der Waals surface area contributed by atoms with Crippen LogP contribution >= 0.6 is 0 Å². The van der Waals surface area contributed by atoms with Crippen LogP contribution in [-0.4, -0.2) is 76.8 Å². The minimum atomic E-state index is -3.44. The second kappa shape index (κ2) is 12.2. The van der Waals surface area contributed by atoms with Crippen molar-refractivity contribution >= 4 is 23.6 Å². The van der Waals surface area contributed by atoms with E-state index in [0.29, 0.717) is 6.08 Å². The maximum absolute atomic E-state index is 13.9. The van der Waals surface area contributed by atoms with Crippen molar-refractivity contribution < 1.29 is 43.2 Å². The second-order valence-electron chi connectivity index (χ2n) is 8.60. The highest BCUT2D eigenvalue weighted by Crippen LogP contribution is 2.33. The molecule has 0 fully saturated rings. The van der Waals surface area contributed by atoms with Crippen molar-refractivity contribution in [3.63, 3.8) is 0 Å². The van der Waals surface area contributed by atoms with Gasteiger partial charge in [-0.25, -0.2) is 19.1 Å². The van der Waals surface area contributed by atoms with E-state index >= 15 is 0 Å². The van der Waals surface area contributed by atoms with Gasteiger partial charge in [-0.1, -0.05) is 11.8 Å². The summed E-state index contributed by atoms with van der Waals surface area (Å²) in [7, 11) is 1.11. The molecule has 0 saturated carbocycles. The number of allylic oxidation sites excluding steroid dienone is 1. The Kier molecular flexibility index (Phi) is 8.49. The van der Waals surface area contributed by atoms with Crippen molar-refractivity contribution in [3.05, 3.63) is 78.0 Å². The molecule has 0 spiro atoms. The Labute approximate surface area is 240 Å². The number of phenols is 2. The number of alkyl carbamates (subject to hydrolysis) is 1. The van der Waals surface area contributed by atoms with Crippen LogP contribution in [0, 0.1) is 0 Å². The van der Waals surface area contributed by atoms with Gasteiger partial charge in [0.25, 0.3) is 11.8 Å². The summed E-state index contributed by atoms with van der Waals surface area (Å²) in [5, 5.41) is 49.0. The molecule has 0 aliphatic heterocycles. The van der Waals surface area contributed by atoms with E-state index in [0.717, 1.165) is 34.8 Å². The summed E-state index contributed by atoms with van der Waals surface area (Å²) in [6.45, 7) is 2.43. The molecule has 0 atom stereocenters. The lowest BCUT2D eigenvalue weighted by atomic mass is 10.1. The fourth-order valence-corrected chi connectivity index (χ4v) is 3.65. The molecule has 4 aromatic rings. The van der Waals surface area contributed by atoms with Gasteiger partial charge in [0.2, 0.25) is 0 Å². The monoisotopic (exact) mass is 599 g/mol. The molecule has 0 radical (unpaired) electrons. The molecule has 43 heavy (non-hydrogen) atoms. The molecule has 1 aromatic carbocycles. The number of methoxy groups -OCH3 is 1. The summed E-state index contributed by atoms with van der Waals surface area (Å²) in [5.74, 6) is -7.07. The minimum Gasteiger partial charge on any atom is -0.508 e. The van der Waals surface area contributed by atoms with Gasteiger partial charge in [0.15, 0.2) is 17.3 Å². The quantitative estimate of drug-likeness (QED) is 0.0665. The van der Waals surface area contributed by atoms with Gasteiger partial charge in [-0.15, -0.1) is 5.10 Å². The average Bonchev–Trinajstić information content (AvgIpc) is 3.62. The number of carbonyl (C=O) groups excluding carboxylic acids is 3. The zero-order chi connectivity index (χ0) is 31.3. The van der Waals surface area contributed by atoms with E-state index in [4.69, 9.17) is 0 Å². The van der Waals surface area contributed by atoms with Crippen molar-refractivity contribution in [2.45, 2.75) is 12.5 Å². The normalized spacial score (nSPS) is 11.0. The summed E-state index contributed by atoms with van der Waals surface area (Å²) in [6, 6.07) is 5.76. The highest BCUT2D eigenvalue weighted by atomic mass is 19.3. The van der Waals surface area contributed by atoms with Gasteiger partial charge in [-0.3, -0.25) is 9.59 Å². The van der Waals surface area contributed by atoms with E-state index in [-0.39, 0.29) is 35.1 Å². The number of carbonyl (C=O) groups is 3. The lowest BCUT2D eigenvalue weighted by Crippen LogP contribution is -2.37. The number of aromatic hydroxyl groups is 3. The van der Waals surface area contributed by atoms with Gasteiger partial charge < -0.3 is 36.0 Å². The molecule has 0 aliphatic rings. The molecule has 0 unspecified atom stereocenters. The zero-order valence-corrected chi connectivity index (χ0v) is 22.2. The summed E-state index contributed by atoms with van der Waals surface area (Å²) < 4.78 is 34.2. The van der Waals surface area contributed by atoms with Crippen LogP contribution in [0.3, 0.4) is 0 Å². The Morgan fingerprint density at radius 2 is 1.88 bits per heavy atom. The van der Waals surface area contributed by atoms with E-state index in [1.807, 2.05) is 0 Å². The highest BCUT2D eigenvalue weighted by Gasteiger charge is 2.31. The predicted molar refractivity (Wildman–Crippen MR) is 142 cm³/mol. The molecule has 3 amide bonds. The van der Waals surface area contributed by atoms with Crippen LogP contribution in [0.15, 0.2) is 55.4 Å². The molecule has 16 nitrogen and oxygen atoms in total. The molecule has 224 valence electrons. The van der Waals surface area contributed by atoms with Crippen LogP contribution in [-0.2, 0) is 17.2 Å². The number of benzene rings is 1. The Hall–Kier alpha value is -6.07. The molecule has 0 bridgehead atoms. The number of amides is 3. The number of nitrogens with zero attached hydrogens (tertiary/aromatic N) is 6. The van der Waals surface area contributed by atoms with Gasteiger partial charge in [0, 0.05) is 12.3 Å². The van der Waals surface area contributed by atoms with E-state index in [1.54, 1.807) is 0 Å². The van der Waals surface area contributed by atoms with E-state index in [1.165, 1.54) is 24.4 Å². The van der Waals surface area contributed by atoms with Gasteiger partial charge in [0.05, 0.1) is 43.5 Å². The molecule has 0 aliphatic carbocycles. The fourth-order valence-electron chi connectivity index (χ4n) is 3.65. The summed E-state index contributed by atoms with van der Waals surface area (Å²) in [6.07, 6.45) is 1.85. The molecule has 3 aromatic heterocycles. The number of halogens is 2. The highest BCUT2D eigenvalue weighted by molar-refractivity contribution is 6.10. The van der Waals surface area contributed by atoms with Crippen LogP contribution in [0.25, 0.3) is 5.82 Å². The topological polar surface area (TPSA) is 219 Å². The van der Waals surface area contributed by atoms with Crippen LogP contribution in [0.5, 0.6) is 17.2 Å². The van der Waals surface area contributed by atoms with E-state index in [9.17, 15) is 38.5 Å². The number of nitrogens with one attached hydrogen (secondary N) is 3. The van der Waals surface area contributed by atoms with Gasteiger partial charge in [-0.2, -0.15) is 13.9 Å². The zero-order valence-electron chi connectivity index (χ0n) is 22.2. The SMILES string of the molecule is C=CC(F)(F)c1cn(Cc2cc(C(=O)Nc3c(O)cc(O)cc3C(=O)NCNC(=O)OC)n(-c3ncccc3O)n2)nn1. The maximum atomic E-state index is 13.9. The number of rotatable bonds is 10. The Balaban J connectivity index is 1.68. The van der Waals surface area contributed by atoms with Crippen molar-refractivity contribution in [1.29, 1.82) is 0 Å². The largest absolute Gasteiger partial charge is 0.508 e. The Morgan fingerprint density at radius 1 is 1.12 bits per heavy atom. The fraction of sp³-hybridized carbons (Fsp3) is 0.160. The number of pyridine rings is 1. The van der Waals surface area contributed by atoms with E-state index < -0.39 is 53.4 Å². The summed E-state index contributed by atoms with van der Waals surface area (Å²) in [4.78, 5) is 41.6. The maximum Gasteiger partial charge on any atom is 0.408 e. The third-order valence-corrected chi connectivity index (χ3v) is 5.67. The van der Waals surface area contributed by atoms with Crippen LogP contribution in [0.1, 0.15) is 32.2 Å². The number of phenolic OH excluding ortho intramolecular Hbond substituents is 2. The second-order valence-corrected chi connectivity index (χ2v) is 8.60. The Bertz CT molecular complexity index is 1700. The van der Waals surface area contributed by atoms with Crippen LogP contribution in [0.2, 0.25) is 0 Å². The molecule has 0 saturated heterocycles. The number of hydrogen-bond donors (Lipinski definition) is 6. The third-order valence-electron chi connectivity index (χ3n) is 5.67. The van der Waals surface area contributed by atoms with Crippen molar-refractivity contribution in [2.75, 3.05) is 19.1 Å². The van der Waals surface area contributed by atoms with Gasteiger partial charge in [0.1, 0.15) is 17.2 Å². The summed E-state index contributed by atoms with van der Waals surface area (Å²) >= 11 is 0. The van der Waals surface area contributed by atoms with Crippen molar-refractivity contribution in [1.82, 2.24) is 40.4 Å². The molecule has 6 N–H and O–H groups in total. The lowest BCUT2D eigenvalue weighted by molar-refractivity contribution is 0.0475. The molecule has 3 heterocycles. The third kappa shape index (κ3) is 6.64. The number of aromatic nitrogens is 6. The standard InChI is InChI=1S/C25H23F2N9O7/c1-3-25(26,27)19-11-35(34-32-19)10-13-7-16(36(33-13)21-17(38)5-4-6-28-21)23(41)31-20-15(8-14(37)9-18(20)39)22(40)29-12-30-24(42)43-2/h3-9,11,37-39H,1,10,12H2,2H3,(H,29,40)(H,30,42)(H,31,41). The first-order chi connectivity index (χ1) is 20.4. The molecule has 4 rings (SSSR count). The average molecular weight is 600 g/mol. The molecular weight excluding hydrogens is 576 g/mol.